The number of halogens is 1. The van der Waals surface area contributed by atoms with E-state index in [0.717, 1.165) is 32.0 Å². The van der Waals surface area contributed by atoms with E-state index < -0.39 is 0 Å². The maximum atomic E-state index is 5.91. The number of hydrogen-bond acceptors (Lipinski definition) is 4. The Balaban J connectivity index is 2.04. The summed E-state index contributed by atoms with van der Waals surface area (Å²) in [6.07, 6.45) is 1.13. The summed E-state index contributed by atoms with van der Waals surface area (Å²) in [6.45, 7) is 4.53. The van der Waals surface area contributed by atoms with E-state index in [2.05, 4.69) is 14.9 Å². The van der Waals surface area contributed by atoms with E-state index in [1.165, 1.54) is 0 Å². The molecule has 0 aromatic carbocycles. The van der Waals surface area contributed by atoms with Crippen molar-refractivity contribution >= 4 is 17.4 Å². The predicted molar refractivity (Wildman–Crippen MR) is 64.0 cm³/mol. The van der Waals surface area contributed by atoms with Gasteiger partial charge in [-0.1, -0.05) is 11.6 Å². The maximum Gasteiger partial charge on any atom is 0.134 e. The molecule has 1 atom stereocenters. The summed E-state index contributed by atoms with van der Waals surface area (Å²) < 4.78 is 5.36. The molecule has 1 aromatic heterocycles. The molecule has 5 heteroatoms. The molecule has 0 radical (unpaired) electrons. The summed E-state index contributed by atoms with van der Waals surface area (Å²) in [7, 11) is 2.02. The number of aryl methyl sites for hydroxylation is 1. The summed E-state index contributed by atoms with van der Waals surface area (Å²) in [6, 6.07) is 1.80. The Morgan fingerprint density at radius 1 is 1.56 bits per heavy atom. The van der Waals surface area contributed by atoms with Crippen LogP contribution in [-0.4, -0.2) is 36.8 Å². The SMILES string of the molecule is Cc1nc(Cl)cc(N(C)C[C@H]2CCOC2)n1. The zero-order valence-electron chi connectivity index (χ0n) is 9.61. The molecular formula is C11H16ClN3O. The van der Waals surface area contributed by atoms with E-state index >= 15 is 0 Å². The van der Waals surface area contributed by atoms with Crippen LogP contribution < -0.4 is 4.90 Å². The summed E-state index contributed by atoms with van der Waals surface area (Å²) >= 11 is 5.91. The zero-order valence-corrected chi connectivity index (χ0v) is 10.4. The minimum atomic E-state index is 0.497. The molecule has 4 nitrogen and oxygen atoms in total. The van der Waals surface area contributed by atoms with Gasteiger partial charge in [-0.15, -0.1) is 0 Å². The number of ether oxygens (including phenoxy) is 1. The number of aromatic nitrogens is 2. The van der Waals surface area contributed by atoms with Gasteiger partial charge in [-0.25, -0.2) is 9.97 Å². The van der Waals surface area contributed by atoms with Crippen LogP contribution in [0, 0.1) is 12.8 Å². The lowest BCUT2D eigenvalue weighted by atomic mass is 10.1. The van der Waals surface area contributed by atoms with Gasteiger partial charge >= 0.3 is 0 Å². The normalized spacial score (nSPS) is 20.1. The van der Waals surface area contributed by atoms with E-state index in [-0.39, 0.29) is 0 Å². The molecule has 0 unspecified atom stereocenters. The van der Waals surface area contributed by atoms with Crippen LogP contribution in [0.5, 0.6) is 0 Å². The quantitative estimate of drug-likeness (QED) is 0.758. The molecule has 0 saturated carbocycles. The second-order valence-electron chi connectivity index (χ2n) is 4.21. The van der Waals surface area contributed by atoms with Gasteiger partial charge < -0.3 is 9.64 Å². The van der Waals surface area contributed by atoms with Crippen molar-refractivity contribution < 1.29 is 4.74 Å². The lowest BCUT2D eigenvalue weighted by Gasteiger charge is -2.21. The summed E-state index contributed by atoms with van der Waals surface area (Å²) in [5.41, 5.74) is 0. The summed E-state index contributed by atoms with van der Waals surface area (Å²) in [5, 5.41) is 0.497. The fourth-order valence-corrected chi connectivity index (χ4v) is 2.14. The van der Waals surface area contributed by atoms with Gasteiger partial charge in [-0.3, -0.25) is 0 Å². The third-order valence-electron chi connectivity index (χ3n) is 2.74. The number of rotatable bonds is 3. The molecule has 0 amide bonds. The van der Waals surface area contributed by atoms with Crippen molar-refractivity contribution in [3.8, 4) is 0 Å². The molecule has 16 heavy (non-hydrogen) atoms. The third-order valence-corrected chi connectivity index (χ3v) is 2.93. The largest absolute Gasteiger partial charge is 0.381 e. The first kappa shape index (κ1) is 11.6. The molecule has 0 aliphatic carbocycles. The van der Waals surface area contributed by atoms with Crippen molar-refractivity contribution in [1.82, 2.24) is 9.97 Å². The van der Waals surface area contributed by atoms with Gasteiger partial charge in [0, 0.05) is 32.2 Å². The van der Waals surface area contributed by atoms with Gasteiger partial charge in [-0.05, 0) is 13.3 Å². The predicted octanol–water partition coefficient (Wildman–Crippen LogP) is 1.91. The van der Waals surface area contributed by atoms with Crippen LogP contribution >= 0.6 is 11.6 Å². The second kappa shape index (κ2) is 4.97. The Kier molecular flexibility index (Phi) is 3.61. The molecular weight excluding hydrogens is 226 g/mol. The van der Waals surface area contributed by atoms with Gasteiger partial charge in [-0.2, -0.15) is 0 Å². The Morgan fingerprint density at radius 3 is 3.00 bits per heavy atom. The Labute approximate surface area is 101 Å². The van der Waals surface area contributed by atoms with Crippen molar-refractivity contribution in [2.45, 2.75) is 13.3 Å². The molecule has 2 rings (SSSR count). The molecule has 1 fully saturated rings. The van der Waals surface area contributed by atoms with Gasteiger partial charge in [0.05, 0.1) is 6.61 Å². The molecule has 0 N–H and O–H groups in total. The van der Waals surface area contributed by atoms with E-state index in [9.17, 15) is 0 Å². The summed E-state index contributed by atoms with van der Waals surface area (Å²) in [4.78, 5) is 10.5. The van der Waals surface area contributed by atoms with Gasteiger partial charge in [0.2, 0.25) is 0 Å². The van der Waals surface area contributed by atoms with Crippen LogP contribution in [0.15, 0.2) is 6.07 Å². The number of hydrogen-bond donors (Lipinski definition) is 0. The Hall–Kier alpha value is -0.870. The van der Waals surface area contributed by atoms with Gasteiger partial charge in [0.25, 0.3) is 0 Å². The highest BCUT2D eigenvalue weighted by Gasteiger charge is 2.18. The van der Waals surface area contributed by atoms with E-state index in [1.54, 1.807) is 6.07 Å². The molecule has 2 heterocycles. The molecule has 0 spiro atoms. The lowest BCUT2D eigenvalue weighted by Crippen LogP contribution is -2.26. The minimum absolute atomic E-state index is 0.497. The Morgan fingerprint density at radius 2 is 2.38 bits per heavy atom. The monoisotopic (exact) mass is 241 g/mol. The van der Waals surface area contributed by atoms with Crippen LogP contribution in [-0.2, 0) is 4.74 Å². The van der Waals surface area contributed by atoms with Crippen molar-refractivity contribution in [3.05, 3.63) is 17.0 Å². The fraction of sp³-hybridized carbons (Fsp3) is 0.636. The van der Waals surface area contributed by atoms with Crippen LogP contribution in [0.2, 0.25) is 5.15 Å². The molecule has 1 aromatic rings. The second-order valence-corrected chi connectivity index (χ2v) is 4.59. The first-order chi connectivity index (χ1) is 7.65. The third kappa shape index (κ3) is 2.83. The number of anilines is 1. The van der Waals surface area contributed by atoms with Crippen molar-refractivity contribution in [3.63, 3.8) is 0 Å². The smallest absolute Gasteiger partial charge is 0.134 e. The van der Waals surface area contributed by atoms with E-state index in [4.69, 9.17) is 16.3 Å². The molecule has 1 aliphatic rings. The highest BCUT2D eigenvalue weighted by molar-refractivity contribution is 6.29. The highest BCUT2D eigenvalue weighted by Crippen LogP contribution is 2.19. The lowest BCUT2D eigenvalue weighted by molar-refractivity contribution is 0.186. The highest BCUT2D eigenvalue weighted by atomic mass is 35.5. The topological polar surface area (TPSA) is 38.2 Å². The van der Waals surface area contributed by atoms with E-state index in [0.29, 0.717) is 16.9 Å². The fourth-order valence-electron chi connectivity index (χ4n) is 1.92. The van der Waals surface area contributed by atoms with Crippen molar-refractivity contribution in [2.24, 2.45) is 5.92 Å². The average molecular weight is 242 g/mol. The molecule has 1 aliphatic heterocycles. The first-order valence-electron chi connectivity index (χ1n) is 5.45. The van der Waals surface area contributed by atoms with E-state index in [1.807, 2.05) is 14.0 Å². The molecule has 1 saturated heterocycles. The molecule has 88 valence electrons. The standard InChI is InChI=1S/C11H16ClN3O/c1-8-13-10(12)5-11(14-8)15(2)6-9-3-4-16-7-9/h5,9H,3-4,6-7H2,1-2H3/t9-/m1/s1. The summed E-state index contributed by atoms with van der Waals surface area (Å²) in [5.74, 6) is 2.18. The van der Waals surface area contributed by atoms with Gasteiger partial charge in [0.1, 0.15) is 16.8 Å². The first-order valence-corrected chi connectivity index (χ1v) is 5.83. The molecule has 0 bridgehead atoms. The van der Waals surface area contributed by atoms with Crippen LogP contribution in [0.3, 0.4) is 0 Å². The van der Waals surface area contributed by atoms with Crippen molar-refractivity contribution in [1.29, 1.82) is 0 Å². The number of nitrogens with zero attached hydrogens (tertiary/aromatic N) is 3. The van der Waals surface area contributed by atoms with Crippen LogP contribution in [0.1, 0.15) is 12.2 Å². The van der Waals surface area contributed by atoms with Crippen molar-refractivity contribution in [2.75, 3.05) is 31.7 Å². The minimum Gasteiger partial charge on any atom is -0.381 e. The van der Waals surface area contributed by atoms with Crippen LogP contribution in [0.4, 0.5) is 5.82 Å². The maximum absolute atomic E-state index is 5.91. The van der Waals surface area contributed by atoms with Crippen LogP contribution in [0.25, 0.3) is 0 Å². The Bertz CT molecular complexity index is 346. The average Bonchev–Trinajstić information content (AvgIpc) is 2.68. The zero-order chi connectivity index (χ0) is 11.5. The van der Waals surface area contributed by atoms with Gasteiger partial charge in [0.15, 0.2) is 0 Å².